The lowest BCUT2D eigenvalue weighted by atomic mass is 10.0. The highest BCUT2D eigenvalue weighted by Crippen LogP contribution is 2.40. The third-order valence-electron chi connectivity index (χ3n) is 4.67. The summed E-state index contributed by atoms with van der Waals surface area (Å²) in [6.45, 7) is 5.35. The first-order valence-corrected chi connectivity index (χ1v) is 10.2. The fourth-order valence-corrected chi connectivity index (χ4v) is 4.73. The summed E-state index contributed by atoms with van der Waals surface area (Å²) in [5.41, 5.74) is 2.27. The molecule has 1 aromatic carbocycles. The van der Waals surface area contributed by atoms with Crippen molar-refractivity contribution in [2.75, 3.05) is 26.2 Å². The molecule has 1 N–H and O–H groups in total. The van der Waals surface area contributed by atoms with E-state index in [1.165, 1.54) is 30.6 Å². The Labute approximate surface area is 167 Å². The lowest BCUT2D eigenvalue weighted by Gasteiger charge is -2.26. The van der Waals surface area contributed by atoms with Crippen LogP contribution in [0.15, 0.2) is 18.2 Å². The van der Waals surface area contributed by atoms with Crippen molar-refractivity contribution >= 4 is 40.5 Å². The van der Waals surface area contributed by atoms with Gasteiger partial charge in [-0.05, 0) is 56.6 Å². The Kier molecular flexibility index (Phi) is 6.46. The Morgan fingerprint density at radius 3 is 2.58 bits per heavy atom. The maximum absolute atomic E-state index is 11.6. The van der Waals surface area contributed by atoms with Gasteiger partial charge >= 0.3 is 5.97 Å². The molecular formula is C19H21Cl2NO3S. The summed E-state index contributed by atoms with van der Waals surface area (Å²) >= 11 is 13.5. The third-order valence-corrected chi connectivity index (χ3v) is 6.16. The second kappa shape index (κ2) is 8.61. The predicted octanol–water partition coefficient (Wildman–Crippen LogP) is 5.59. The highest BCUT2D eigenvalue weighted by Gasteiger charge is 2.18. The molecule has 0 saturated carbocycles. The van der Waals surface area contributed by atoms with Crippen LogP contribution in [0.4, 0.5) is 0 Å². The molecule has 0 aliphatic carbocycles. The van der Waals surface area contributed by atoms with Crippen LogP contribution in [0.25, 0.3) is 11.1 Å². The van der Waals surface area contributed by atoms with E-state index in [2.05, 4.69) is 4.90 Å². The number of piperidine rings is 1. The van der Waals surface area contributed by atoms with Gasteiger partial charge in [0.15, 0.2) is 0 Å². The lowest BCUT2D eigenvalue weighted by Crippen LogP contribution is -2.33. The fraction of sp³-hybridized carbons (Fsp3) is 0.421. The van der Waals surface area contributed by atoms with Gasteiger partial charge in [0.1, 0.15) is 16.7 Å². The summed E-state index contributed by atoms with van der Waals surface area (Å²) in [5, 5.41) is 9.55. The molecule has 1 saturated heterocycles. The Balaban J connectivity index is 1.83. The summed E-state index contributed by atoms with van der Waals surface area (Å²) in [6, 6.07) is 5.23. The van der Waals surface area contributed by atoms with Crippen molar-refractivity contribution in [2.45, 2.75) is 26.2 Å². The number of halogens is 2. The normalized spacial score (nSPS) is 15.2. The van der Waals surface area contributed by atoms with Crippen LogP contribution in [-0.2, 0) is 0 Å². The van der Waals surface area contributed by atoms with E-state index in [4.69, 9.17) is 27.9 Å². The van der Waals surface area contributed by atoms with Crippen LogP contribution in [0.1, 0.15) is 35.2 Å². The molecule has 0 bridgehead atoms. The number of ether oxygens (including phenoxy) is 1. The van der Waals surface area contributed by atoms with Crippen LogP contribution in [0, 0.1) is 6.92 Å². The molecule has 0 atom stereocenters. The molecule has 2 heterocycles. The zero-order valence-electron chi connectivity index (χ0n) is 14.6. The Morgan fingerprint density at radius 1 is 1.23 bits per heavy atom. The van der Waals surface area contributed by atoms with Crippen molar-refractivity contribution in [3.05, 3.63) is 38.0 Å². The first-order chi connectivity index (χ1) is 12.5. The van der Waals surface area contributed by atoms with Crippen LogP contribution in [0.2, 0.25) is 8.67 Å². The molecule has 0 amide bonds. The topological polar surface area (TPSA) is 49.8 Å². The molecule has 26 heavy (non-hydrogen) atoms. The first kappa shape index (κ1) is 19.5. The zero-order valence-corrected chi connectivity index (χ0v) is 16.9. The van der Waals surface area contributed by atoms with Gasteiger partial charge in [-0.3, -0.25) is 4.90 Å². The minimum Gasteiger partial charge on any atom is -0.492 e. The molecule has 0 spiro atoms. The number of likely N-dealkylation sites (tertiary alicyclic amines) is 1. The van der Waals surface area contributed by atoms with Gasteiger partial charge in [0.2, 0.25) is 0 Å². The molecule has 1 aliphatic heterocycles. The molecule has 140 valence electrons. The molecule has 1 aromatic heterocycles. The van der Waals surface area contributed by atoms with E-state index in [1.54, 1.807) is 19.1 Å². The van der Waals surface area contributed by atoms with E-state index in [0.29, 0.717) is 32.2 Å². The second-order valence-electron chi connectivity index (χ2n) is 6.44. The SMILES string of the molecule is Cc1c(OCCN2CCCCC2)cc(-c2cc(Cl)sc2Cl)cc1C(=O)O. The number of rotatable bonds is 6. The molecule has 0 unspecified atom stereocenters. The Bertz CT molecular complexity index is 800. The number of carboxylic acid groups (broad SMARTS) is 1. The summed E-state index contributed by atoms with van der Waals surface area (Å²) in [6.07, 6.45) is 3.76. The number of hydrogen-bond donors (Lipinski definition) is 1. The first-order valence-electron chi connectivity index (χ1n) is 8.64. The molecule has 1 fully saturated rings. The molecule has 0 radical (unpaired) electrons. The summed E-state index contributed by atoms with van der Waals surface area (Å²) in [7, 11) is 0. The van der Waals surface area contributed by atoms with Gasteiger partial charge in [0.05, 0.1) is 9.90 Å². The van der Waals surface area contributed by atoms with E-state index >= 15 is 0 Å². The van der Waals surface area contributed by atoms with Gasteiger partial charge in [-0.2, -0.15) is 0 Å². The quantitative estimate of drug-likeness (QED) is 0.669. The standard InChI is InChI=1S/C19H21Cl2NO3S/c1-12-14(19(23)24)9-13(15-11-17(20)26-18(15)21)10-16(12)25-8-7-22-5-3-2-4-6-22/h9-11H,2-8H2,1H3,(H,23,24). The van der Waals surface area contributed by atoms with E-state index < -0.39 is 5.97 Å². The number of hydrogen-bond acceptors (Lipinski definition) is 4. The highest BCUT2D eigenvalue weighted by molar-refractivity contribution is 7.20. The van der Waals surface area contributed by atoms with E-state index in [-0.39, 0.29) is 5.56 Å². The predicted molar refractivity (Wildman–Crippen MR) is 107 cm³/mol. The van der Waals surface area contributed by atoms with Crippen LogP contribution in [0.5, 0.6) is 5.75 Å². The number of aromatic carboxylic acids is 1. The molecule has 4 nitrogen and oxygen atoms in total. The minimum absolute atomic E-state index is 0.217. The van der Waals surface area contributed by atoms with E-state index in [0.717, 1.165) is 25.2 Å². The van der Waals surface area contributed by atoms with Gasteiger partial charge < -0.3 is 9.84 Å². The second-order valence-corrected chi connectivity index (χ2v) is 8.73. The molecular weight excluding hydrogens is 393 g/mol. The van der Waals surface area contributed by atoms with Gasteiger partial charge in [-0.15, -0.1) is 11.3 Å². The van der Waals surface area contributed by atoms with Crippen LogP contribution >= 0.6 is 34.5 Å². The van der Waals surface area contributed by atoms with Crippen molar-refractivity contribution < 1.29 is 14.6 Å². The van der Waals surface area contributed by atoms with Crippen LogP contribution < -0.4 is 4.74 Å². The average Bonchev–Trinajstić information content (AvgIpc) is 2.95. The molecule has 7 heteroatoms. The van der Waals surface area contributed by atoms with Crippen molar-refractivity contribution in [1.29, 1.82) is 0 Å². The van der Waals surface area contributed by atoms with Gasteiger partial charge in [-0.25, -0.2) is 4.79 Å². The largest absolute Gasteiger partial charge is 0.492 e. The fourth-order valence-electron chi connectivity index (χ4n) is 3.22. The van der Waals surface area contributed by atoms with E-state index in [1.807, 2.05) is 6.07 Å². The van der Waals surface area contributed by atoms with Crippen LogP contribution in [-0.4, -0.2) is 42.2 Å². The maximum atomic E-state index is 11.6. The average molecular weight is 414 g/mol. The van der Waals surface area contributed by atoms with Crippen molar-refractivity contribution in [3.63, 3.8) is 0 Å². The highest BCUT2D eigenvalue weighted by atomic mass is 35.5. The van der Waals surface area contributed by atoms with Crippen LogP contribution in [0.3, 0.4) is 0 Å². The molecule has 2 aromatic rings. The molecule has 1 aliphatic rings. The summed E-state index contributed by atoms with van der Waals surface area (Å²) in [5.74, 6) is -0.405. The van der Waals surface area contributed by atoms with Crippen molar-refractivity contribution in [2.24, 2.45) is 0 Å². The monoisotopic (exact) mass is 413 g/mol. The summed E-state index contributed by atoms with van der Waals surface area (Å²) in [4.78, 5) is 14.0. The zero-order chi connectivity index (χ0) is 18.7. The number of carboxylic acids is 1. The smallest absolute Gasteiger partial charge is 0.336 e. The number of thiophene rings is 1. The third kappa shape index (κ3) is 4.52. The van der Waals surface area contributed by atoms with Crippen molar-refractivity contribution in [3.8, 4) is 16.9 Å². The Morgan fingerprint density at radius 2 is 1.96 bits per heavy atom. The van der Waals surface area contributed by atoms with Crippen molar-refractivity contribution in [1.82, 2.24) is 4.90 Å². The van der Waals surface area contributed by atoms with Gasteiger partial charge in [-0.1, -0.05) is 29.6 Å². The maximum Gasteiger partial charge on any atom is 0.336 e. The lowest BCUT2D eigenvalue weighted by molar-refractivity contribution is 0.0695. The number of benzene rings is 1. The van der Waals surface area contributed by atoms with Gasteiger partial charge in [0, 0.05) is 17.7 Å². The van der Waals surface area contributed by atoms with E-state index in [9.17, 15) is 9.90 Å². The Hall–Kier alpha value is -1.27. The number of nitrogens with zero attached hydrogens (tertiary/aromatic N) is 1. The summed E-state index contributed by atoms with van der Waals surface area (Å²) < 4.78 is 7.06. The molecule has 3 rings (SSSR count). The number of carbonyl (C=O) groups is 1. The minimum atomic E-state index is -0.984. The van der Waals surface area contributed by atoms with Gasteiger partial charge in [0.25, 0.3) is 0 Å².